The van der Waals surface area contributed by atoms with Crippen molar-refractivity contribution >= 4 is 17.7 Å². The van der Waals surface area contributed by atoms with Gasteiger partial charge in [0, 0.05) is 12.8 Å². The minimum atomic E-state index is -1.07. The van der Waals surface area contributed by atoms with Gasteiger partial charge in [-0.3, -0.25) is 14.4 Å². The summed E-state index contributed by atoms with van der Waals surface area (Å²) in [6.45, 7) is 0.303. The van der Waals surface area contributed by atoms with Crippen LogP contribution in [0.1, 0.15) is 24.0 Å². The Bertz CT molecular complexity index is 1060. The van der Waals surface area contributed by atoms with Crippen molar-refractivity contribution in [2.45, 2.75) is 43.8 Å². The zero-order chi connectivity index (χ0) is 24.1. The zero-order valence-corrected chi connectivity index (χ0v) is 18.1. The van der Waals surface area contributed by atoms with Crippen molar-refractivity contribution in [1.82, 2.24) is 10.6 Å². The highest BCUT2D eigenvalue weighted by atomic mass is 16.3. The summed E-state index contributed by atoms with van der Waals surface area (Å²) in [5.41, 5.74) is 19.5. The van der Waals surface area contributed by atoms with Gasteiger partial charge in [-0.1, -0.05) is 12.1 Å². The van der Waals surface area contributed by atoms with Gasteiger partial charge >= 0.3 is 0 Å². The van der Waals surface area contributed by atoms with Gasteiger partial charge in [0.2, 0.25) is 17.7 Å². The van der Waals surface area contributed by atoms with Gasteiger partial charge < -0.3 is 38.0 Å². The number of phenolic OH excluding ortho intramolecular Hbond substituents is 2. The van der Waals surface area contributed by atoms with Crippen LogP contribution in [-0.2, 0) is 27.2 Å². The maximum Gasteiger partial charge on any atom is 0.243 e. The van der Waals surface area contributed by atoms with E-state index < -0.39 is 35.8 Å². The Morgan fingerprint density at radius 3 is 2.45 bits per heavy atom. The molecule has 3 rings (SSSR count). The van der Waals surface area contributed by atoms with Gasteiger partial charge in [0.05, 0.1) is 6.04 Å². The monoisotopic (exact) mass is 455 g/mol. The van der Waals surface area contributed by atoms with E-state index in [1.165, 1.54) is 18.2 Å². The summed E-state index contributed by atoms with van der Waals surface area (Å²) in [6, 6.07) is 6.51. The molecule has 1 aliphatic rings. The summed E-state index contributed by atoms with van der Waals surface area (Å²) >= 11 is 0. The normalized spacial score (nSPS) is 21.3. The van der Waals surface area contributed by atoms with E-state index in [0.717, 1.165) is 0 Å². The first kappa shape index (κ1) is 24.0. The molecule has 176 valence electrons. The molecule has 0 fully saturated rings. The Labute approximate surface area is 191 Å². The van der Waals surface area contributed by atoms with Crippen molar-refractivity contribution in [3.05, 3.63) is 47.5 Å². The van der Waals surface area contributed by atoms with Crippen LogP contribution in [0.5, 0.6) is 11.5 Å². The van der Waals surface area contributed by atoms with Gasteiger partial charge in [0.1, 0.15) is 23.6 Å². The first-order valence-corrected chi connectivity index (χ1v) is 10.7. The van der Waals surface area contributed by atoms with Gasteiger partial charge in [0.15, 0.2) is 0 Å². The highest BCUT2D eigenvalue weighted by molar-refractivity contribution is 5.93. The fourth-order valence-electron chi connectivity index (χ4n) is 3.82. The number of carbonyl (C=O) groups excluding carboxylic acids is 3. The Balaban J connectivity index is 2.08. The molecule has 0 aromatic heterocycles. The lowest BCUT2D eigenvalue weighted by molar-refractivity contribution is -0.131. The molecule has 10 nitrogen and oxygen atoms in total. The number of benzene rings is 2. The second-order valence-electron chi connectivity index (χ2n) is 8.20. The topological polar surface area (TPSA) is 194 Å². The average Bonchev–Trinajstić information content (AvgIpc) is 2.76. The van der Waals surface area contributed by atoms with Crippen molar-refractivity contribution < 1.29 is 24.6 Å². The van der Waals surface area contributed by atoms with Crippen molar-refractivity contribution in [1.29, 1.82) is 0 Å². The average molecular weight is 456 g/mol. The van der Waals surface area contributed by atoms with Crippen molar-refractivity contribution in [3.8, 4) is 22.6 Å². The van der Waals surface area contributed by atoms with E-state index in [1.807, 2.05) is 0 Å². The Hall–Kier alpha value is -3.63. The van der Waals surface area contributed by atoms with E-state index in [0.29, 0.717) is 35.2 Å². The molecule has 0 aliphatic carbocycles. The van der Waals surface area contributed by atoms with Crippen LogP contribution in [0.25, 0.3) is 11.1 Å². The Morgan fingerprint density at radius 2 is 1.76 bits per heavy atom. The van der Waals surface area contributed by atoms with Gasteiger partial charge in [-0.25, -0.2) is 0 Å². The summed E-state index contributed by atoms with van der Waals surface area (Å²) in [5, 5.41) is 25.8. The minimum Gasteiger partial charge on any atom is -0.508 e. The van der Waals surface area contributed by atoms with E-state index in [-0.39, 0.29) is 30.8 Å². The van der Waals surface area contributed by atoms with E-state index in [2.05, 4.69) is 10.6 Å². The summed E-state index contributed by atoms with van der Waals surface area (Å²) in [6.07, 6.45) is 0.744. The molecule has 0 unspecified atom stereocenters. The molecule has 2 aromatic carbocycles. The molecule has 3 amide bonds. The predicted molar refractivity (Wildman–Crippen MR) is 122 cm³/mol. The summed E-state index contributed by atoms with van der Waals surface area (Å²) in [5.74, 6) is -2.00. The molecular weight excluding hydrogens is 426 g/mol. The number of carbonyl (C=O) groups is 3. The lowest BCUT2D eigenvalue weighted by Crippen LogP contribution is -2.56. The van der Waals surface area contributed by atoms with Crippen molar-refractivity contribution in [2.24, 2.45) is 17.2 Å². The summed E-state index contributed by atoms with van der Waals surface area (Å²) in [7, 11) is 0. The number of nitrogens with one attached hydrogen (secondary N) is 2. The predicted octanol–water partition coefficient (Wildman–Crippen LogP) is -0.615. The van der Waals surface area contributed by atoms with Crippen LogP contribution in [0.2, 0.25) is 0 Å². The first-order valence-electron chi connectivity index (χ1n) is 10.7. The third kappa shape index (κ3) is 5.99. The van der Waals surface area contributed by atoms with Crippen molar-refractivity contribution in [3.63, 3.8) is 0 Å². The van der Waals surface area contributed by atoms with Crippen LogP contribution in [-0.4, -0.2) is 52.6 Å². The lowest BCUT2D eigenvalue weighted by Gasteiger charge is -2.23. The van der Waals surface area contributed by atoms with Crippen LogP contribution in [0.3, 0.4) is 0 Å². The summed E-state index contributed by atoms with van der Waals surface area (Å²) in [4.78, 5) is 37.7. The van der Waals surface area contributed by atoms with Crippen LogP contribution < -0.4 is 27.8 Å². The Morgan fingerprint density at radius 1 is 1.00 bits per heavy atom. The number of aromatic hydroxyl groups is 2. The number of rotatable bonds is 4. The second kappa shape index (κ2) is 10.3. The molecular formula is C23H29N5O5. The standard InChI is InChI=1S/C23H29N5O5/c24-5-1-2-18-23(33)28-19(21(26)31)8-12-6-14(10-16(29)7-12)13-3-4-20(30)15(9-13)11-17(25)22(32)27-18/h3-4,6-7,9-10,17-19,29-30H,1-2,5,8,11,24-25H2,(H2,26,31)(H,27,32)(H,28,33)/t17-,18-,19-/m0/s1. The van der Waals surface area contributed by atoms with E-state index in [9.17, 15) is 24.6 Å². The molecule has 33 heavy (non-hydrogen) atoms. The largest absolute Gasteiger partial charge is 0.508 e. The number of hydrogen-bond acceptors (Lipinski definition) is 7. The smallest absolute Gasteiger partial charge is 0.243 e. The molecule has 0 spiro atoms. The molecule has 4 bridgehead atoms. The van der Waals surface area contributed by atoms with Gasteiger partial charge in [-0.05, 0) is 65.9 Å². The molecule has 0 saturated heterocycles. The van der Waals surface area contributed by atoms with Crippen LogP contribution in [0.15, 0.2) is 36.4 Å². The fraction of sp³-hybridized carbons (Fsp3) is 0.348. The molecule has 1 aliphatic heterocycles. The number of nitrogens with two attached hydrogens (primary N) is 3. The number of hydrogen-bond donors (Lipinski definition) is 7. The number of fused-ring (bicyclic) bond motifs is 5. The van der Waals surface area contributed by atoms with Gasteiger partial charge in [-0.2, -0.15) is 0 Å². The van der Waals surface area contributed by atoms with Crippen molar-refractivity contribution in [2.75, 3.05) is 6.54 Å². The van der Waals surface area contributed by atoms with Gasteiger partial charge in [-0.15, -0.1) is 0 Å². The third-order valence-corrected chi connectivity index (χ3v) is 5.60. The maximum absolute atomic E-state index is 12.9. The van der Waals surface area contributed by atoms with E-state index >= 15 is 0 Å². The lowest BCUT2D eigenvalue weighted by atomic mass is 9.95. The van der Waals surface area contributed by atoms with Crippen LogP contribution in [0, 0.1) is 0 Å². The number of amides is 3. The number of primary amides is 1. The minimum absolute atomic E-state index is 0.0202. The van der Waals surface area contributed by atoms with E-state index in [4.69, 9.17) is 17.2 Å². The van der Waals surface area contributed by atoms with E-state index in [1.54, 1.807) is 18.2 Å². The fourth-order valence-corrected chi connectivity index (χ4v) is 3.82. The quantitative estimate of drug-likeness (QED) is 0.319. The highest BCUT2D eigenvalue weighted by Crippen LogP contribution is 2.30. The van der Waals surface area contributed by atoms with Crippen LogP contribution >= 0.6 is 0 Å². The third-order valence-electron chi connectivity index (χ3n) is 5.60. The molecule has 3 atom stereocenters. The van der Waals surface area contributed by atoms with Crippen LogP contribution in [0.4, 0.5) is 0 Å². The number of phenols is 2. The highest BCUT2D eigenvalue weighted by Gasteiger charge is 2.28. The summed E-state index contributed by atoms with van der Waals surface area (Å²) < 4.78 is 0. The second-order valence-corrected chi connectivity index (χ2v) is 8.20. The molecule has 2 aromatic rings. The Kier molecular flexibility index (Phi) is 7.52. The molecule has 0 saturated carbocycles. The first-order chi connectivity index (χ1) is 15.7. The SMILES string of the molecule is NCCC[C@@H]1NC(=O)[C@@H](N)Cc2cc(ccc2O)-c2cc(O)cc(c2)C[C@@H](C(N)=O)NC1=O. The molecule has 1 heterocycles. The molecule has 10 N–H and O–H groups in total. The molecule has 0 radical (unpaired) electrons. The van der Waals surface area contributed by atoms with Gasteiger partial charge in [0.25, 0.3) is 0 Å². The zero-order valence-electron chi connectivity index (χ0n) is 18.1. The maximum atomic E-state index is 12.9. The molecule has 10 heteroatoms.